The minimum absolute atomic E-state index is 0. The monoisotopic (exact) mass is 303 g/mol. The molecule has 0 radical (unpaired) electrons. The Morgan fingerprint density at radius 3 is 2.12 bits per heavy atom. The van der Waals surface area contributed by atoms with Crippen molar-refractivity contribution in [2.24, 2.45) is 11.0 Å². The van der Waals surface area contributed by atoms with Crippen LogP contribution >= 0.6 is 36.2 Å². The van der Waals surface area contributed by atoms with Crippen molar-refractivity contribution in [1.29, 1.82) is 0 Å². The van der Waals surface area contributed by atoms with Gasteiger partial charge in [-0.05, 0) is 11.4 Å². The van der Waals surface area contributed by atoms with Gasteiger partial charge in [0.05, 0.1) is 10.8 Å². The van der Waals surface area contributed by atoms with E-state index < -0.39 is 12.0 Å². The number of carboxylic acid groups (broad SMARTS) is 1. The maximum atomic E-state index is 10.1. The zero-order chi connectivity index (χ0) is 11.8. The van der Waals surface area contributed by atoms with Crippen LogP contribution in [0, 0.1) is 4.91 Å². The fourth-order valence-electron chi connectivity index (χ4n) is 0.426. The SMILES string of the molecule is CN(N=O)C(N)=O.Cl.Cl.O=C(O)c1ccsc1. The molecular formula is C7H11Cl2N3O4S. The van der Waals surface area contributed by atoms with Crippen LogP contribution in [0.1, 0.15) is 10.4 Å². The number of hydrogen-bond donors (Lipinski definition) is 2. The zero-order valence-corrected chi connectivity index (χ0v) is 11.1. The van der Waals surface area contributed by atoms with E-state index in [-0.39, 0.29) is 24.8 Å². The minimum Gasteiger partial charge on any atom is -0.478 e. The van der Waals surface area contributed by atoms with Crippen LogP contribution in [0.15, 0.2) is 22.1 Å². The molecule has 0 saturated carbocycles. The lowest BCUT2D eigenvalue weighted by Gasteiger charge is -1.97. The summed E-state index contributed by atoms with van der Waals surface area (Å²) < 4.78 is 0. The highest BCUT2D eigenvalue weighted by atomic mass is 35.5. The van der Waals surface area contributed by atoms with Gasteiger partial charge in [-0.25, -0.2) is 9.59 Å². The van der Waals surface area contributed by atoms with Crippen molar-refractivity contribution in [3.05, 3.63) is 27.3 Å². The molecule has 0 aliphatic heterocycles. The predicted octanol–water partition coefficient (Wildman–Crippen LogP) is 1.97. The van der Waals surface area contributed by atoms with Gasteiger partial charge in [0.1, 0.15) is 0 Å². The normalized spacial score (nSPS) is 7.35. The first-order valence-corrected chi connectivity index (χ1v) is 4.55. The van der Waals surface area contributed by atoms with Crippen LogP contribution in [0.3, 0.4) is 0 Å². The first kappa shape index (κ1) is 21.0. The molecule has 0 unspecified atom stereocenters. The van der Waals surface area contributed by atoms with E-state index in [0.717, 1.165) is 0 Å². The number of nitrogens with two attached hydrogens (primary N) is 1. The van der Waals surface area contributed by atoms with Crippen LogP contribution in [-0.2, 0) is 0 Å². The van der Waals surface area contributed by atoms with Gasteiger partial charge in [-0.1, -0.05) is 0 Å². The summed E-state index contributed by atoms with van der Waals surface area (Å²) in [5.41, 5.74) is 4.91. The van der Waals surface area contributed by atoms with Crippen LogP contribution in [0.4, 0.5) is 4.79 Å². The second kappa shape index (κ2) is 11.1. The van der Waals surface area contributed by atoms with E-state index in [9.17, 15) is 14.5 Å². The summed E-state index contributed by atoms with van der Waals surface area (Å²) in [4.78, 5) is 29.2. The first-order valence-electron chi connectivity index (χ1n) is 3.61. The third-order valence-electron chi connectivity index (χ3n) is 1.21. The van der Waals surface area contributed by atoms with E-state index in [4.69, 9.17) is 5.11 Å². The lowest BCUT2D eigenvalue weighted by molar-refractivity contribution is 0.0697. The van der Waals surface area contributed by atoms with E-state index in [1.54, 1.807) is 16.8 Å². The Bertz CT molecular complexity index is 347. The molecule has 1 rings (SSSR count). The van der Waals surface area contributed by atoms with Crippen LogP contribution in [0.25, 0.3) is 0 Å². The Morgan fingerprint density at radius 2 is 2.00 bits per heavy atom. The van der Waals surface area contributed by atoms with Gasteiger partial charge < -0.3 is 10.8 Å². The summed E-state index contributed by atoms with van der Waals surface area (Å²) in [5, 5.41) is 14.3. The molecule has 17 heavy (non-hydrogen) atoms. The maximum Gasteiger partial charge on any atom is 0.337 e. The Labute approximate surface area is 113 Å². The van der Waals surface area contributed by atoms with E-state index in [0.29, 0.717) is 10.6 Å². The molecule has 0 bridgehead atoms. The molecule has 98 valence electrons. The quantitative estimate of drug-likeness (QED) is 0.642. The molecule has 2 amide bonds. The minimum atomic E-state index is -0.855. The van der Waals surface area contributed by atoms with E-state index in [1.165, 1.54) is 18.4 Å². The molecule has 0 spiro atoms. The molecule has 10 heteroatoms. The van der Waals surface area contributed by atoms with E-state index >= 15 is 0 Å². The van der Waals surface area contributed by atoms with Gasteiger partial charge in [0.15, 0.2) is 0 Å². The van der Waals surface area contributed by atoms with Crippen LogP contribution in [0.2, 0.25) is 0 Å². The number of nitrogens with zero attached hydrogens (tertiary/aromatic N) is 2. The van der Waals surface area contributed by atoms with Gasteiger partial charge in [0.25, 0.3) is 0 Å². The topological polar surface area (TPSA) is 113 Å². The summed E-state index contributed by atoms with van der Waals surface area (Å²) in [6.45, 7) is 0. The van der Waals surface area contributed by atoms with Crippen LogP contribution in [-0.4, -0.2) is 29.2 Å². The number of nitroso groups, excluding NO2 is 1. The third kappa shape index (κ3) is 9.54. The molecule has 1 heterocycles. The second-order valence-corrected chi connectivity index (χ2v) is 3.04. The van der Waals surface area contributed by atoms with Crippen LogP contribution in [0.5, 0.6) is 0 Å². The molecule has 7 nitrogen and oxygen atoms in total. The van der Waals surface area contributed by atoms with Gasteiger partial charge in [0.2, 0.25) is 0 Å². The predicted molar refractivity (Wildman–Crippen MR) is 68.9 cm³/mol. The number of carbonyl (C=O) groups is 2. The average molecular weight is 304 g/mol. The number of halogens is 2. The van der Waals surface area contributed by atoms with E-state index in [2.05, 4.69) is 11.0 Å². The van der Waals surface area contributed by atoms with Gasteiger partial charge >= 0.3 is 12.0 Å². The summed E-state index contributed by atoms with van der Waals surface area (Å²) in [7, 11) is 1.18. The average Bonchev–Trinajstić information content (AvgIpc) is 2.70. The number of amides is 2. The first-order chi connectivity index (χ1) is 6.99. The highest BCUT2D eigenvalue weighted by Crippen LogP contribution is 2.04. The zero-order valence-electron chi connectivity index (χ0n) is 8.60. The number of carbonyl (C=O) groups excluding carboxylic acids is 1. The smallest absolute Gasteiger partial charge is 0.337 e. The number of hydrogen-bond acceptors (Lipinski definition) is 5. The van der Waals surface area contributed by atoms with Gasteiger partial charge in [-0.3, -0.25) is 0 Å². The Hall–Kier alpha value is -1.38. The van der Waals surface area contributed by atoms with Crippen molar-refractivity contribution in [2.75, 3.05) is 7.05 Å². The molecule has 0 saturated heterocycles. The molecule has 0 fully saturated rings. The Morgan fingerprint density at radius 1 is 1.47 bits per heavy atom. The standard InChI is InChI=1S/C5H4O2S.C2H5N3O2.2ClH/c6-5(7)4-1-2-8-3-4;1-5(4-7)2(3)6;;/h1-3H,(H,6,7);1H3,(H2,3,6);2*1H. The van der Waals surface area contributed by atoms with Crippen molar-refractivity contribution in [3.63, 3.8) is 0 Å². The number of thiophene rings is 1. The van der Waals surface area contributed by atoms with Crippen molar-refractivity contribution in [2.45, 2.75) is 0 Å². The van der Waals surface area contributed by atoms with Crippen molar-refractivity contribution in [1.82, 2.24) is 5.01 Å². The number of primary amides is 1. The van der Waals surface area contributed by atoms with E-state index in [1.807, 2.05) is 0 Å². The van der Waals surface area contributed by atoms with Crippen molar-refractivity contribution in [3.8, 4) is 0 Å². The summed E-state index contributed by atoms with van der Waals surface area (Å²) in [6.07, 6.45) is 0. The lowest BCUT2D eigenvalue weighted by Crippen LogP contribution is -2.26. The Balaban J connectivity index is -0.000000208. The lowest BCUT2D eigenvalue weighted by atomic mass is 10.4. The number of rotatable bonds is 2. The molecule has 0 aliphatic carbocycles. The molecule has 0 aromatic carbocycles. The molecule has 0 aliphatic rings. The van der Waals surface area contributed by atoms with Crippen LogP contribution < -0.4 is 5.73 Å². The number of urea groups is 1. The van der Waals surface area contributed by atoms with Gasteiger partial charge in [-0.2, -0.15) is 16.3 Å². The molecule has 1 aromatic rings. The maximum absolute atomic E-state index is 10.1. The molecule has 3 N–H and O–H groups in total. The highest BCUT2D eigenvalue weighted by molar-refractivity contribution is 7.08. The fraction of sp³-hybridized carbons (Fsp3) is 0.143. The fourth-order valence-corrected chi connectivity index (χ4v) is 1.06. The number of aromatic carboxylic acids is 1. The summed E-state index contributed by atoms with van der Waals surface area (Å²) in [5.74, 6) is -0.855. The third-order valence-corrected chi connectivity index (χ3v) is 1.89. The van der Waals surface area contributed by atoms with Gasteiger partial charge in [-0.15, -0.1) is 29.7 Å². The van der Waals surface area contributed by atoms with Gasteiger partial charge in [0, 0.05) is 12.4 Å². The number of carboxylic acids is 1. The van der Waals surface area contributed by atoms with Crippen molar-refractivity contribution < 1.29 is 14.7 Å². The summed E-state index contributed by atoms with van der Waals surface area (Å²) in [6, 6.07) is 0.725. The highest BCUT2D eigenvalue weighted by Gasteiger charge is 1.98. The summed E-state index contributed by atoms with van der Waals surface area (Å²) >= 11 is 1.39. The largest absolute Gasteiger partial charge is 0.478 e. The molecule has 1 aromatic heterocycles. The molecule has 0 atom stereocenters. The second-order valence-electron chi connectivity index (χ2n) is 2.26. The molecular weight excluding hydrogens is 293 g/mol. The van der Waals surface area contributed by atoms with Crippen molar-refractivity contribution >= 4 is 48.2 Å². The Kier molecular flexibility index (Phi) is 13.7.